The first-order valence-corrected chi connectivity index (χ1v) is 12.2. The molecule has 1 unspecified atom stereocenters. The van der Waals surface area contributed by atoms with Gasteiger partial charge in [0.05, 0.1) is 6.54 Å². The van der Waals surface area contributed by atoms with Gasteiger partial charge in [0.1, 0.15) is 17.5 Å². The summed E-state index contributed by atoms with van der Waals surface area (Å²) >= 11 is 5.96. The van der Waals surface area contributed by atoms with Gasteiger partial charge >= 0.3 is 12.5 Å². The van der Waals surface area contributed by atoms with E-state index in [1.165, 1.54) is 24.3 Å². The molecule has 0 saturated carbocycles. The Morgan fingerprint density at radius 2 is 1.66 bits per heavy atom. The standard InChI is InChI=1S/C26H20ClF6N3O5/c27-16-7-3-14(4-8-16)18-12-36(19-2-1-11-35(23(19)39)13-20(37)25(28,29)30)24(40)21(18)34-22(38)15-5-9-17(10-6-15)41-26(31,32)33/h1-11,18,20-21,37H,12-13H2,(H,34,38)/t18-,20?,21-/m0/s1. The highest BCUT2D eigenvalue weighted by molar-refractivity contribution is 6.30. The molecule has 0 radical (unpaired) electrons. The van der Waals surface area contributed by atoms with E-state index < -0.39 is 60.3 Å². The Morgan fingerprint density at radius 1 is 1.02 bits per heavy atom. The van der Waals surface area contributed by atoms with Crippen molar-refractivity contribution in [2.24, 2.45) is 0 Å². The molecule has 1 fully saturated rings. The second-order valence-electron chi connectivity index (χ2n) is 9.04. The van der Waals surface area contributed by atoms with E-state index >= 15 is 0 Å². The third-order valence-electron chi connectivity index (χ3n) is 6.29. The highest BCUT2D eigenvalue weighted by atomic mass is 35.5. The lowest BCUT2D eigenvalue weighted by Crippen LogP contribution is -2.44. The molecule has 1 aromatic heterocycles. The molecule has 218 valence electrons. The van der Waals surface area contributed by atoms with Crippen molar-refractivity contribution in [1.29, 1.82) is 0 Å². The minimum atomic E-state index is -4.98. The lowest BCUT2D eigenvalue weighted by molar-refractivity contribution is -0.274. The minimum Gasteiger partial charge on any atom is -0.406 e. The van der Waals surface area contributed by atoms with Crippen LogP contribution in [0.1, 0.15) is 21.8 Å². The van der Waals surface area contributed by atoms with E-state index in [0.717, 1.165) is 35.4 Å². The molecular formula is C26H20ClF6N3O5. The zero-order valence-electron chi connectivity index (χ0n) is 20.6. The smallest absolute Gasteiger partial charge is 0.406 e. The van der Waals surface area contributed by atoms with Crippen molar-refractivity contribution < 1.29 is 45.8 Å². The Hall–Kier alpha value is -4.04. The van der Waals surface area contributed by atoms with Gasteiger partial charge in [-0.15, -0.1) is 13.2 Å². The van der Waals surface area contributed by atoms with Crippen LogP contribution < -0.4 is 20.5 Å². The quantitative estimate of drug-likeness (QED) is 0.393. The number of carbonyl (C=O) groups excluding carboxylic acids is 2. The number of amides is 2. The fourth-order valence-corrected chi connectivity index (χ4v) is 4.44. The highest BCUT2D eigenvalue weighted by Gasteiger charge is 2.44. The Bertz CT molecular complexity index is 1480. The summed E-state index contributed by atoms with van der Waals surface area (Å²) in [6.45, 7) is -1.27. The number of nitrogens with one attached hydrogen (secondary N) is 1. The lowest BCUT2D eigenvalue weighted by Gasteiger charge is -2.19. The zero-order chi connectivity index (χ0) is 30.1. The van der Waals surface area contributed by atoms with Gasteiger partial charge in [0.15, 0.2) is 6.10 Å². The van der Waals surface area contributed by atoms with Crippen molar-refractivity contribution in [1.82, 2.24) is 9.88 Å². The molecule has 41 heavy (non-hydrogen) atoms. The fraction of sp³-hybridized carbons (Fsp3) is 0.269. The van der Waals surface area contributed by atoms with Crippen molar-refractivity contribution in [3.8, 4) is 5.75 Å². The molecule has 8 nitrogen and oxygen atoms in total. The largest absolute Gasteiger partial charge is 0.573 e. The van der Waals surface area contributed by atoms with Crippen molar-refractivity contribution in [3.05, 3.63) is 93.4 Å². The van der Waals surface area contributed by atoms with Gasteiger partial charge in [-0.25, -0.2) is 0 Å². The van der Waals surface area contributed by atoms with Gasteiger partial charge in [0.25, 0.3) is 11.5 Å². The van der Waals surface area contributed by atoms with Gasteiger partial charge in [0, 0.05) is 29.2 Å². The Balaban J connectivity index is 1.63. The number of halogens is 7. The van der Waals surface area contributed by atoms with Crippen LogP contribution in [0.25, 0.3) is 0 Å². The topological polar surface area (TPSA) is 101 Å². The number of anilines is 1. The molecule has 1 aliphatic rings. The molecule has 1 aliphatic heterocycles. The number of ether oxygens (including phenoxy) is 1. The number of carbonyl (C=O) groups is 2. The number of rotatable bonds is 7. The molecule has 4 rings (SSSR count). The average molecular weight is 604 g/mol. The number of hydrogen-bond acceptors (Lipinski definition) is 5. The van der Waals surface area contributed by atoms with Gasteiger partial charge in [0.2, 0.25) is 5.91 Å². The van der Waals surface area contributed by atoms with Crippen LogP contribution in [0.2, 0.25) is 5.02 Å². The predicted octanol–water partition coefficient (Wildman–Crippen LogP) is 4.25. The number of pyridine rings is 1. The molecule has 2 N–H and O–H groups in total. The molecule has 2 aromatic carbocycles. The maximum absolute atomic E-state index is 13.5. The molecule has 3 atom stereocenters. The van der Waals surface area contributed by atoms with E-state index in [1.54, 1.807) is 12.1 Å². The molecule has 0 bridgehead atoms. The second kappa shape index (κ2) is 11.4. The van der Waals surface area contributed by atoms with Crippen LogP contribution in [0.4, 0.5) is 32.0 Å². The summed E-state index contributed by atoms with van der Waals surface area (Å²) in [7, 11) is 0. The second-order valence-corrected chi connectivity index (χ2v) is 9.47. The number of alkyl halides is 6. The van der Waals surface area contributed by atoms with Crippen LogP contribution in [-0.4, -0.2) is 52.7 Å². The van der Waals surface area contributed by atoms with E-state index in [1.807, 2.05) is 0 Å². The number of hydrogen-bond donors (Lipinski definition) is 2. The van der Waals surface area contributed by atoms with Crippen LogP contribution in [0.5, 0.6) is 5.75 Å². The maximum Gasteiger partial charge on any atom is 0.573 e. The Morgan fingerprint density at radius 3 is 2.24 bits per heavy atom. The molecule has 2 heterocycles. The summed E-state index contributed by atoms with van der Waals surface area (Å²) < 4.78 is 80.4. The highest BCUT2D eigenvalue weighted by Crippen LogP contribution is 2.32. The van der Waals surface area contributed by atoms with Gasteiger partial charge < -0.3 is 24.6 Å². The predicted molar refractivity (Wildman–Crippen MR) is 134 cm³/mol. The van der Waals surface area contributed by atoms with Crippen LogP contribution in [0, 0.1) is 0 Å². The van der Waals surface area contributed by atoms with E-state index in [-0.39, 0.29) is 17.8 Å². The van der Waals surface area contributed by atoms with Gasteiger partial charge in [-0.05, 0) is 54.1 Å². The van der Waals surface area contributed by atoms with E-state index in [0.29, 0.717) is 15.2 Å². The van der Waals surface area contributed by atoms with Crippen molar-refractivity contribution in [3.63, 3.8) is 0 Å². The number of nitrogens with zero attached hydrogens (tertiary/aromatic N) is 2. The third kappa shape index (κ3) is 7.00. The van der Waals surface area contributed by atoms with Crippen LogP contribution in [0.3, 0.4) is 0 Å². The first-order valence-electron chi connectivity index (χ1n) is 11.8. The monoisotopic (exact) mass is 603 g/mol. The first kappa shape index (κ1) is 29.9. The van der Waals surface area contributed by atoms with E-state index in [9.17, 15) is 45.8 Å². The summed E-state index contributed by atoms with van der Waals surface area (Å²) in [5.74, 6) is -2.90. The summed E-state index contributed by atoms with van der Waals surface area (Å²) in [6.07, 6.45) is -11.7. The number of aromatic nitrogens is 1. The molecule has 1 saturated heterocycles. The van der Waals surface area contributed by atoms with Crippen molar-refractivity contribution >= 4 is 29.1 Å². The molecule has 15 heteroatoms. The summed E-state index contributed by atoms with van der Waals surface area (Å²) in [5.41, 5.74) is -0.820. The summed E-state index contributed by atoms with van der Waals surface area (Å²) in [5, 5.41) is 12.3. The molecule has 2 amide bonds. The zero-order valence-corrected chi connectivity index (χ0v) is 21.4. The molecule has 0 spiro atoms. The lowest BCUT2D eigenvalue weighted by atomic mass is 9.94. The van der Waals surface area contributed by atoms with E-state index in [4.69, 9.17) is 11.6 Å². The summed E-state index contributed by atoms with van der Waals surface area (Å²) in [4.78, 5) is 40.6. The van der Waals surface area contributed by atoms with Crippen LogP contribution >= 0.6 is 11.6 Å². The number of aliphatic hydroxyl groups is 1. The molecular weight excluding hydrogens is 584 g/mol. The number of benzene rings is 2. The normalized spacial score (nSPS) is 18.3. The molecule has 0 aliphatic carbocycles. The first-order chi connectivity index (χ1) is 19.1. The SMILES string of the molecule is O=C(N[C@@H]1C(=O)N(c2cccn(CC(O)C(F)(F)F)c2=O)C[C@H]1c1ccc(Cl)cc1)c1ccc(OC(F)(F)F)cc1. The minimum absolute atomic E-state index is 0.0937. The Kier molecular flexibility index (Phi) is 8.36. The van der Waals surface area contributed by atoms with Crippen LogP contribution in [0.15, 0.2) is 71.7 Å². The van der Waals surface area contributed by atoms with Crippen LogP contribution in [-0.2, 0) is 11.3 Å². The summed E-state index contributed by atoms with van der Waals surface area (Å²) in [6, 6.07) is 11.4. The third-order valence-corrected chi connectivity index (χ3v) is 6.54. The van der Waals surface area contributed by atoms with Crippen molar-refractivity contribution in [2.75, 3.05) is 11.4 Å². The average Bonchev–Trinajstić information content (AvgIpc) is 3.20. The fourth-order valence-electron chi connectivity index (χ4n) is 4.32. The van der Waals surface area contributed by atoms with Crippen molar-refractivity contribution in [2.45, 2.75) is 37.1 Å². The maximum atomic E-state index is 13.5. The van der Waals surface area contributed by atoms with E-state index in [2.05, 4.69) is 10.1 Å². The van der Waals surface area contributed by atoms with Gasteiger partial charge in [-0.1, -0.05) is 23.7 Å². The van der Waals surface area contributed by atoms with Gasteiger partial charge in [-0.2, -0.15) is 13.2 Å². The Labute approximate surface area is 232 Å². The van der Waals surface area contributed by atoms with Gasteiger partial charge in [-0.3, -0.25) is 14.4 Å². The molecule has 3 aromatic rings. The number of aliphatic hydroxyl groups excluding tert-OH is 1.